The number of aliphatic hydroxyl groups excluding tert-OH is 1. The zero-order chi connectivity index (χ0) is 16.4. The summed E-state index contributed by atoms with van der Waals surface area (Å²) in [5.41, 5.74) is -1.98. The fourth-order valence-corrected chi connectivity index (χ4v) is 1.75. The second-order valence-corrected chi connectivity index (χ2v) is 6.42. The van der Waals surface area contributed by atoms with Gasteiger partial charge < -0.3 is 15.2 Å². The van der Waals surface area contributed by atoms with Crippen molar-refractivity contribution in [1.29, 1.82) is 0 Å². The topological polar surface area (TPSA) is 58.6 Å². The lowest BCUT2D eigenvalue weighted by atomic mass is 9.91. The molecule has 0 aliphatic carbocycles. The molecule has 0 radical (unpaired) electrons. The lowest BCUT2D eigenvalue weighted by Gasteiger charge is -2.33. The molecule has 0 fully saturated rings. The highest BCUT2D eigenvalue weighted by atomic mass is 19.1. The monoisotopic (exact) mass is 301 g/mol. The van der Waals surface area contributed by atoms with Gasteiger partial charge in [-0.15, -0.1) is 0 Å². The molecule has 6 heteroatoms. The molecule has 1 unspecified atom stereocenters. The highest BCUT2D eigenvalue weighted by Crippen LogP contribution is 2.28. The summed E-state index contributed by atoms with van der Waals surface area (Å²) in [5, 5.41) is 12.7. The fourth-order valence-electron chi connectivity index (χ4n) is 1.75. The number of carbonyl (C=O) groups is 1. The summed E-state index contributed by atoms with van der Waals surface area (Å²) in [6, 6.07) is 2.88. The molecule has 0 heterocycles. The predicted molar refractivity (Wildman–Crippen MR) is 74.8 cm³/mol. The van der Waals surface area contributed by atoms with Crippen LogP contribution in [0, 0.1) is 11.6 Å². The standard InChI is InChI=1S/C15H21F2NO3/c1-14(2,3)21-13(20)18-15(4,5)12(19)10-7-6-9(16)8-11(10)17/h6-8,12,19H,1-5H3,(H,18,20). The molecule has 4 nitrogen and oxygen atoms in total. The van der Waals surface area contributed by atoms with Gasteiger partial charge in [-0.1, -0.05) is 6.07 Å². The van der Waals surface area contributed by atoms with E-state index in [0.717, 1.165) is 12.1 Å². The lowest BCUT2D eigenvalue weighted by Crippen LogP contribution is -2.49. The van der Waals surface area contributed by atoms with Gasteiger partial charge in [-0.25, -0.2) is 13.6 Å². The largest absolute Gasteiger partial charge is 0.444 e. The number of amides is 1. The molecule has 1 rings (SSSR count). The Morgan fingerprint density at radius 3 is 2.29 bits per heavy atom. The van der Waals surface area contributed by atoms with Gasteiger partial charge >= 0.3 is 6.09 Å². The summed E-state index contributed by atoms with van der Waals surface area (Å²) < 4.78 is 31.7. The summed E-state index contributed by atoms with van der Waals surface area (Å²) in [4.78, 5) is 11.8. The Kier molecular flexibility index (Phi) is 4.94. The van der Waals surface area contributed by atoms with Crippen molar-refractivity contribution in [3.8, 4) is 0 Å². The quantitative estimate of drug-likeness (QED) is 0.900. The molecule has 0 aliphatic rings. The second-order valence-electron chi connectivity index (χ2n) is 6.42. The van der Waals surface area contributed by atoms with Gasteiger partial charge in [0.15, 0.2) is 0 Å². The molecule has 1 atom stereocenters. The minimum absolute atomic E-state index is 0.0996. The van der Waals surface area contributed by atoms with E-state index < -0.39 is 35.0 Å². The number of aliphatic hydroxyl groups is 1. The van der Waals surface area contributed by atoms with Gasteiger partial charge in [-0.2, -0.15) is 0 Å². The van der Waals surface area contributed by atoms with Gasteiger partial charge in [-0.05, 0) is 40.7 Å². The maximum absolute atomic E-state index is 13.7. The minimum Gasteiger partial charge on any atom is -0.444 e. The first kappa shape index (κ1) is 17.4. The fraction of sp³-hybridized carbons (Fsp3) is 0.533. The molecule has 0 saturated carbocycles. The van der Waals surface area contributed by atoms with E-state index in [0.29, 0.717) is 6.07 Å². The third kappa shape index (κ3) is 4.97. The highest BCUT2D eigenvalue weighted by Gasteiger charge is 2.34. The van der Waals surface area contributed by atoms with E-state index in [1.165, 1.54) is 13.8 Å². The van der Waals surface area contributed by atoms with Crippen LogP contribution in [0.25, 0.3) is 0 Å². The molecule has 0 saturated heterocycles. The van der Waals surface area contributed by atoms with Crippen molar-refractivity contribution in [3.05, 3.63) is 35.4 Å². The Hall–Kier alpha value is -1.69. The van der Waals surface area contributed by atoms with Crippen LogP contribution in [0.2, 0.25) is 0 Å². The summed E-state index contributed by atoms with van der Waals surface area (Å²) in [6.45, 7) is 8.15. The van der Waals surface area contributed by atoms with Crippen molar-refractivity contribution in [2.24, 2.45) is 0 Å². The van der Waals surface area contributed by atoms with E-state index in [-0.39, 0.29) is 5.56 Å². The number of hydrogen-bond donors (Lipinski definition) is 2. The molecule has 0 spiro atoms. The molecular formula is C15H21F2NO3. The van der Waals surface area contributed by atoms with Crippen LogP contribution in [-0.4, -0.2) is 22.3 Å². The van der Waals surface area contributed by atoms with Crippen LogP contribution in [0.3, 0.4) is 0 Å². The van der Waals surface area contributed by atoms with Crippen LogP contribution in [-0.2, 0) is 4.74 Å². The SMILES string of the molecule is CC(C)(C)OC(=O)NC(C)(C)C(O)c1ccc(F)cc1F. The molecule has 118 valence electrons. The smallest absolute Gasteiger partial charge is 0.408 e. The minimum atomic E-state index is -1.36. The summed E-state index contributed by atoms with van der Waals surface area (Å²) in [6.07, 6.45) is -2.08. The summed E-state index contributed by atoms with van der Waals surface area (Å²) in [7, 11) is 0. The van der Waals surface area contributed by atoms with Crippen LogP contribution in [0.1, 0.15) is 46.3 Å². The van der Waals surface area contributed by atoms with Crippen molar-refractivity contribution in [2.45, 2.75) is 51.9 Å². The van der Waals surface area contributed by atoms with Crippen molar-refractivity contribution in [2.75, 3.05) is 0 Å². The van der Waals surface area contributed by atoms with Gasteiger partial charge in [0.2, 0.25) is 0 Å². The van der Waals surface area contributed by atoms with E-state index in [2.05, 4.69) is 5.32 Å². The van der Waals surface area contributed by atoms with Crippen LogP contribution < -0.4 is 5.32 Å². The maximum Gasteiger partial charge on any atom is 0.408 e. The van der Waals surface area contributed by atoms with Crippen LogP contribution in [0.4, 0.5) is 13.6 Å². The van der Waals surface area contributed by atoms with Gasteiger partial charge in [0.1, 0.15) is 23.3 Å². The number of nitrogens with one attached hydrogen (secondary N) is 1. The zero-order valence-electron chi connectivity index (χ0n) is 12.8. The summed E-state index contributed by atoms with van der Waals surface area (Å²) >= 11 is 0. The first-order chi connectivity index (χ1) is 9.42. The van der Waals surface area contributed by atoms with Crippen molar-refractivity contribution in [3.63, 3.8) is 0 Å². The average Bonchev–Trinajstić information content (AvgIpc) is 2.24. The van der Waals surface area contributed by atoms with Gasteiger partial charge in [0.25, 0.3) is 0 Å². The average molecular weight is 301 g/mol. The first-order valence-electron chi connectivity index (χ1n) is 6.56. The van der Waals surface area contributed by atoms with Crippen LogP contribution >= 0.6 is 0 Å². The third-order valence-electron chi connectivity index (χ3n) is 2.76. The second kappa shape index (κ2) is 5.97. The summed E-state index contributed by atoms with van der Waals surface area (Å²) in [5.74, 6) is -1.61. The van der Waals surface area contributed by atoms with Crippen molar-refractivity contribution in [1.82, 2.24) is 5.32 Å². The number of rotatable bonds is 3. The number of benzene rings is 1. The van der Waals surface area contributed by atoms with Crippen molar-refractivity contribution < 1.29 is 23.4 Å². The van der Waals surface area contributed by atoms with E-state index >= 15 is 0 Å². The Morgan fingerprint density at radius 2 is 1.81 bits per heavy atom. The van der Waals surface area contributed by atoms with Crippen LogP contribution in [0.15, 0.2) is 18.2 Å². The number of alkyl carbamates (subject to hydrolysis) is 1. The number of hydrogen-bond acceptors (Lipinski definition) is 3. The van der Waals surface area contributed by atoms with Gasteiger partial charge in [-0.3, -0.25) is 0 Å². The maximum atomic E-state index is 13.7. The molecule has 1 aromatic rings. The lowest BCUT2D eigenvalue weighted by molar-refractivity contribution is 0.0283. The van der Waals surface area contributed by atoms with Crippen molar-refractivity contribution >= 4 is 6.09 Å². The Morgan fingerprint density at radius 1 is 1.24 bits per heavy atom. The molecule has 1 aromatic carbocycles. The highest BCUT2D eigenvalue weighted by molar-refractivity contribution is 5.68. The molecule has 0 bridgehead atoms. The van der Waals surface area contributed by atoms with E-state index in [9.17, 15) is 18.7 Å². The predicted octanol–water partition coefficient (Wildman–Crippen LogP) is 3.30. The molecule has 0 aliphatic heterocycles. The van der Waals surface area contributed by atoms with E-state index in [1.54, 1.807) is 20.8 Å². The van der Waals surface area contributed by atoms with Crippen LogP contribution in [0.5, 0.6) is 0 Å². The zero-order valence-corrected chi connectivity index (χ0v) is 12.8. The van der Waals surface area contributed by atoms with E-state index in [1.807, 2.05) is 0 Å². The molecule has 2 N–H and O–H groups in total. The van der Waals surface area contributed by atoms with E-state index in [4.69, 9.17) is 4.74 Å². The first-order valence-corrected chi connectivity index (χ1v) is 6.56. The Labute approximate surface area is 123 Å². The number of carbonyl (C=O) groups excluding carboxylic acids is 1. The Balaban J connectivity index is 2.88. The number of ether oxygens (including phenoxy) is 1. The van der Waals surface area contributed by atoms with Gasteiger partial charge in [0, 0.05) is 11.6 Å². The van der Waals surface area contributed by atoms with Gasteiger partial charge in [0.05, 0.1) is 5.54 Å². The Bertz CT molecular complexity index is 524. The normalized spacial score (nSPS) is 13.7. The molecule has 21 heavy (non-hydrogen) atoms. The molecule has 0 aromatic heterocycles. The third-order valence-corrected chi connectivity index (χ3v) is 2.76. The number of halogens is 2. The molecule has 1 amide bonds. The molecular weight excluding hydrogens is 280 g/mol.